The summed E-state index contributed by atoms with van der Waals surface area (Å²) in [6.45, 7) is 3.48. The van der Waals surface area contributed by atoms with Crippen molar-refractivity contribution in [2.75, 3.05) is 19.7 Å². The Bertz CT molecular complexity index is 445. The highest BCUT2D eigenvalue weighted by Crippen LogP contribution is 2.25. The van der Waals surface area contributed by atoms with E-state index in [4.69, 9.17) is 4.74 Å². The summed E-state index contributed by atoms with van der Waals surface area (Å²) >= 11 is 0.913. The van der Waals surface area contributed by atoms with Crippen molar-refractivity contribution in [1.82, 2.24) is 4.90 Å². The molecular formula is C10H12N2O4S. The second-order valence-corrected chi connectivity index (χ2v) is 4.89. The molecule has 1 atom stereocenters. The van der Waals surface area contributed by atoms with E-state index < -0.39 is 4.92 Å². The van der Waals surface area contributed by atoms with Crippen LogP contribution in [-0.4, -0.2) is 41.5 Å². The number of nitrogens with zero attached hydrogens (tertiary/aromatic N) is 2. The van der Waals surface area contributed by atoms with Crippen LogP contribution < -0.4 is 0 Å². The largest absolute Gasteiger partial charge is 0.375 e. The van der Waals surface area contributed by atoms with Crippen LogP contribution in [0.4, 0.5) is 5.00 Å². The van der Waals surface area contributed by atoms with Gasteiger partial charge in [0.15, 0.2) is 0 Å². The number of carbonyl (C=O) groups excluding carboxylic acids is 1. The van der Waals surface area contributed by atoms with Crippen molar-refractivity contribution in [3.8, 4) is 0 Å². The lowest BCUT2D eigenvalue weighted by Gasteiger charge is -2.30. The quantitative estimate of drug-likeness (QED) is 0.594. The van der Waals surface area contributed by atoms with Gasteiger partial charge < -0.3 is 9.64 Å². The van der Waals surface area contributed by atoms with E-state index in [-0.39, 0.29) is 17.0 Å². The van der Waals surface area contributed by atoms with Gasteiger partial charge in [0.2, 0.25) is 0 Å². The molecule has 17 heavy (non-hydrogen) atoms. The molecule has 1 aliphatic rings. The summed E-state index contributed by atoms with van der Waals surface area (Å²) in [5, 5.41) is 10.5. The van der Waals surface area contributed by atoms with Crippen molar-refractivity contribution >= 4 is 22.2 Å². The molecule has 0 saturated carbocycles. The highest BCUT2D eigenvalue weighted by molar-refractivity contribution is 7.17. The van der Waals surface area contributed by atoms with Gasteiger partial charge in [0.25, 0.3) is 5.91 Å². The molecule has 1 aliphatic heterocycles. The monoisotopic (exact) mass is 256 g/mol. The van der Waals surface area contributed by atoms with Gasteiger partial charge in [0.05, 0.1) is 22.5 Å². The highest BCUT2D eigenvalue weighted by Gasteiger charge is 2.24. The first-order valence-electron chi connectivity index (χ1n) is 5.23. The molecule has 1 aromatic rings. The van der Waals surface area contributed by atoms with E-state index in [2.05, 4.69) is 0 Å². The average Bonchev–Trinajstić information content (AvgIpc) is 2.77. The van der Waals surface area contributed by atoms with Crippen LogP contribution in [0.3, 0.4) is 0 Å². The molecule has 7 heteroatoms. The molecule has 0 bridgehead atoms. The molecule has 0 aliphatic carbocycles. The van der Waals surface area contributed by atoms with Crippen LogP contribution in [-0.2, 0) is 4.74 Å². The second-order valence-electron chi connectivity index (χ2n) is 3.83. The molecule has 0 radical (unpaired) electrons. The minimum atomic E-state index is -0.483. The van der Waals surface area contributed by atoms with Crippen molar-refractivity contribution in [1.29, 1.82) is 0 Å². The average molecular weight is 256 g/mol. The molecule has 2 heterocycles. The summed E-state index contributed by atoms with van der Waals surface area (Å²) in [7, 11) is 0. The number of carbonyl (C=O) groups is 1. The third-order valence-electron chi connectivity index (χ3n) is 2.51. The summed E-state index contributed by atoms with van der Waals surface area (Å²) in [5.74, 6) is -0.154. The highest BCUT2D eigenvalue weighted by atomic mass is 32.1. The molecular weight excluding hydrogens is 244 g/mol. The zero-order chi connectivity index (χ0) is 12.4. The lowest BCUT2D eigenvalue weighted by molar-refractivity contribution is -0.380. The van der Waals surface area contributed by atoms with Crippen LogP contribution >= 0.6 is 11.3 Å². The Labute approximate surface area is 102 Å². The number of thiophene rings is 1. The van der Waals surface area contributed by atoms with Crippen molar-refractivity contribution in [3.05, 3.63) is 27.1 Å². The molecule has 0 aromatic carbocycles. The summed E-state index contributed by atoms with van der Waals surface area (Å²) in [6, 6.07) is 2.87. The molecule has 1 unspecified atom stereocenters. The fraction of sp³-hybridized carbons (Fsp3) is 0.500. The maximum atomic E-state index is 12.0. The van der Waals surface area contributed by atoms with Gasteiger partial charge >= 0.3 is 5.00 Å². The van der Waals surface area contributed by atoms with Crippen molar-refractivity contribution in [3.63, 3.8) is 0 Å². The van der Waals surface area contributed by atoms with Crippen LogP contribution in [0.1, 0.15) is 16.6 Å². The minimum absolute atomic E-state index is 0.00495. The van der Waals surface area contributed by atoms with E-state index in [1.807, 2.05) is 6.92 Å². The Balaban J connectivity index is 2.10. The summed E-state index contributed by atoms with van der Waals surface area (Å²) in [4.78, 5) is 24.2. The van der Waals surface area contributed by atoms with Gasteiger partial charge in [-0.2, -0.15) is 0 Å². The topological polar surface area (TPSA) is 72.7 Å². The SMILES string of the molecule is CC1CN(C(=O)c2ccc([N+](=O)[O-])s2)CCO1. The van der Waals surface area contributed by atoms with Crippen LogP contribution in [0.2, 0.25) is 0 Å². The Hall–Kier alpha value is -1.47. The lowest BCUT2D eigenvalue weighted by Crippen LogP contribution is -2.44. The summed E-state index contributed by atoms with van der Waals surface area (Å²) in [5.41, 5.74) is 0. The van der Waals surface area contributed by atoms with Gasteiger partial charge in [0, 0.05) is 19.2 Å². The van der Waals surface area contributed by atoms with Gasteiger partial charge in [0.1, 0.15) is 0 Å². The number of hydrogen-bond acceptors (Lipinski definition) is 5. The van der Waals surface area contributed by atoms with Gasteiger partial charge in [-0.3, -0.25) is 14.9 Å². The van der Waals surface area contributed by atoms with Crippen molar-refractivity contribution < 1.29 is 14.5 Å². The molecule has 0 N–H and O–H groups in total. The van der Waals surface area contributed by atoms with E-state index in [9.17, 15) is 14.9 Å². The molecule has 92 valence electrons. The zero-order valence-electron chi connectivity index (χ0n) is 9.29. The number of morpholine rings is 1. The van der Waals surface area contributed by atoms with Gasteiger partial charge in [-0.15, -0.1) is 0 Å². The van der Waals surface area contributed by atoms with E-state index in [0.29, 0.717) is 24.6 Å². The molecule has 2 rings (SSSR count). The molecule has 1 saturated heterocycles. The summed E-state index contributed by atoms with van der Waals surface area (Å²) in [6.07, 6.45) is 0.0163. The summed E-state index contributed by atoms with van der Waals surface area (Å²) < 4.78 is 5.34. The zero-order valence-corrected chi connectivity index (χ0v) is 10.1. The first-order valence-corrected chi connectivity index (χ1v) is 6.04. The van der Waals surface area contributed by atoms with Crippen LogP contribution in [0.25, 0.3) is 0 Å². The number of nitro groups is 1. The molecule has 0 spiro atoms. The fourth-order valence-corrected chi connectivity index (χ4v) is 2.49. The normalized spacial score (nSPS) is 20.3. The third-order valence-corrected chi connectivity index (χ3v) is 3.54. The van der Waals surface area contributed by atoms with Gasteiger partial charge in [-0.1, -0.05) is 11.3 Å². The smallest absolute Gasteiger partial charge is 0.324 e. The van der Waals surface area contributed by atoms with E-state index in [1.165, 1.54) is 12.1 Å². The third kappa shape index (κ3) is 2.62. The van der Waals surface area contributed by atoms with Crippen LogP contribution in [0.5, 0.6) is 0 Å². The number of hydrogen-bond donors (Lipinski definition) is 0. The molecule has 1 amide bonds. The maximum Gasteiger partial charge on any atom is 0.324 e. The van der Waals surface area contributed by atoms with Gasteiger partial charge in [-0.05, 0) is 13.0 Å². The van der Waals surface area contributed by atoms with Gasteiger partial charge in [-0.25, -0.2) is 0 Å². The predicted molar refractivity (Wildman–Crippen MR) is 62.3 cm³/mol. The molecule has 6 nitrogen and oxygen atoms in total. The Morgan fingerprint density at radius 3 is 3.00 bits per heavy atom. The van der Waals surface area contributed by atoms with Crippen LogP contribution in [0.15, 0.2) is 12.1 Å². The standard InChI is InChI=1S/C10H12N2O4S/c1-7-6-11(4-5-16-7)10(13)8-2-3-9(17-8)12(14)15/h2-3,7H,4-6H2,1H3. The Morgan fingerprint density at radius 1 is 1.65 bits per heavy atom. The predicted octanol–water partition coefficient (Wildman–Crippen LogP) is 1.52. The van der Waals surface area contributed by atoms with E-state index in [1.54, 1.807) is 4.90 Å². The second kappa shape index (κ2) is 4.80. The first-order chi connectivity index (χ1) is 8.08. The lowest BCUT2D eigenvalue weighted by atomic mass is 10.3. The van der Waals surface area contributed by atoms with E-state index >= 15 is 0 Å². The molecule has 1 fully saturated rings. The Kier molecular flexibility index (Phi) is 3.39. The van der Waals surface area contributed by atoms with E-state index in [0.717, 1.165) is 11.3 Å². The number of amides is 1. The fourth-order valence-electron chi connectivity index (χ4n) is 1.70. The maximum absolute atomic E-state index is 12.0. The number of ether oxygens (including phenoxy) is 1. The first kappa shape index (κ1) is 12.0. The van der Waals surface area contributed by atoms with Crippen molar-refractivity contribution in [2.24, 2.45) is 0 Å². The van der Waals surface area contributed by atoms with Crippen LogP contribution in [0, 0.1) is 10.1 Å². The molecule has 1 aromatic heterocycles. The number of rotatable bonds is 2. The minimum Gasteiger partial charge on any atom is -0.375 e. The van der Waals surface area contributed by atoms with Crippen molar-refractivity contribution in [2.45, 2.75) is 13.0 Å². The Morgan fingerprint density at radius 2 is 2.41 bits per heavy atom.